The van der Waals surface area contributed by atoms with Crippen LogP contribution in [0.25, 0.3) is 0 Å². The maximum Gasteiger partial charge on any atom is 0.337 e. The molecular formula is C16H16Cl2N2O3. The Labute approximate surface area is 144 Å². The standard InChI is InChI=1S/C16H16Cl2N2O3/c1-8-13(15(21)23-2)14(11-6-3-9(17)7-12(11)18)19-16(22)20(8)10-4-5-10/h3,6-7,10,14H,4-5H2,1-2H3,(H,19,22)/t14-/m0/s1. The van der Waals surface area contributed by atoms with Crippen LogP contribution in [0.4, 0.5) is 4.79 Å². The number of carbonyl (C=O) groups excluding carboxylic acids is 2. The lowest BCUT2D eigenvalue weighted by atomic mass is 9.94. The Morgan fingerprint density at radius 3 is 2.61 bits per heavy atom. The van der Waals surface area contributed by atoms with E-state index in [-0.39, 0.29) is 12.1 Å². The summed E-state index contributed by atoms with van der Waals surface area (Å²) in [6.45, 7) is 1.76. The van der Waals surface area contributed by atoms with Crippen molar-refractivity contribution in [3.05, 3.63) is 45.1 Å². The molecule has 1 heterocycles. The SMILES string of the molecule is COC(=O)C1=C(C)N(C2CC2)C(=O)N[C@H]1c1ccc(Cl)cc1Cl. The number of hydrogen-bond donors (Lipinski definition) is 1. The smallest absolute Gasteiger partial charge is 0.337 e. The van der Waals surface area contributed by atoms with Crippen LogP contribution >= 0.6 is 23.2 Å². The largest absolute Gasteiger partial charge is 0.466 e. The van der Waals surface area contributed by atoms with Crippen LogP contribution in [0.15, 0.2) is 29.5 Å². The summed E-state index contributed by atoms with van der Waals surface area (Å²) in [7, 11) is 1.32. The van der Waals surface area contributed by atoms with Gasteiger partial charge in [-0.05, 0) is 37.5 Å². The molecule has 0 radical (unpaired) electrons. The molecule has 2 amide bonds. The average Bonchev–Trinajstić information content (AvgIpc) is 3.31. The van der Waals surface area contributed by atoms with Crippen molar-refractivity contribution in [3.8, 4) is 0 Å². The van der Waals surface area contributed by atoms with Gasteiger partial charge >= 0.3 is 12.0 Å². The highest BCUT2D eigenvalue weighted by atomic mass is 35.5. The van der Waals surface area contributed by atoms with E-state index in [1.165, 1.54) is 7.11 Å². The number of hydrogen-bond acceptors (Lipinski definition) is 3. The zero-order valence-electron chi connectivity index (χ0n) is 12.7. The molecule has 5 nitrogen and oxygen atoms in total. The van der Waals surface area contributed by atoms with Crippen LogP contribution in [0.5, 0.6) is 0 Å². The van der Waals surface area contributed by atoms with Crippen LogP contribution in [0, 0.1) is 0 Å². The Bertz CT molecular complexity index is 713. The summed E-state index contributed by atoms with van der Waals surface area (Å²) in [6.07, 6.45) is 1.87. The second-order valence-electron chi connectivity index (χ2n) is 5.64. The fourth-order valence-electron chi connectivity index (χ4n) is 2.87. The van der Waals surface area contributed by atoms with Crippen molar-refractivity contribution in [2.24, 2.45) is 0 Å². The molecule has 1 N–H and O–H groups in total. The molecule has 7 heteroatoms. The molecule has 3 rings (SSSR count). The summed E-state index contributed by atoms with van der Waals surface area (Å²) < 4.78 is 4.92. The predicted octanol–water partition coefficient (Wildman–Crippen LogP) is 3.67. The molecule has 23 heavy (non-hydrogen) atoms. The van der Waals surface area contributed by atoms with E-state index >= 15 is 0 Å². The van der Waals surface area contributed by atoms with Crippen LogP contribution in [0.1, 0.15) is 31.4 Å². The molecule has 0 spiro atoms. The molecule has 2 aliphatic rings. The Kier molecular flexibility index (Phi) is 4.25. The first-order chi connectivity index (χ1) is 10.9. The maximum atomic E-state index is 12.5. The Morgan fingerprint density at radius 1 is 1.35 bits per heavy atom. The number of nitrogens with zero attached hydrogens (tertiary/aromatic N) is 1. The fraction of sp³-hybridized carbons (Fsp3) is 0.375. The van der Waals surface area contributed by atoms with E-state index in [1.54, 1.807) is 30.0 Å². The van der Waals surface area contributed by atoms with E-state index in [0.29, 0.717) is 26.9 Å². The second kappa shape index (κ2) is 6.06. The van der Waals surface area contributed by atoms with Crippen LogP contribution in [0.3, 0.4) is 0 Å². The lowest BCUT2D eigenvalue weighted by molar-refractivity contribution is -0.136. The molecule has 122 valence electrons. The number of methoxy groups -OCH3 is 1. The van der Waals surface area contributed by atoms with Gasteiger partial charge in [-0.1, -0.05) is 29.3 Å². The van der Waals surface area contributed by atoms with E-state index in [0.717, 1.165) is 12.8 Å². The van der Waals surface area contributed by atoms with Gasteiger partial charge in [-0.2, -0.15) is 0 Å². The maximum absolute atomic E-state index is 12.5. The van der Waals surface area contributed by atoms with Gasteiger partial charge in [0.05, 0.1) is 18.7 Å². The number of benzene rings is 1. The first kappa shape index (κ1) is 16.1. The lowest BCUT2D eigenvalue weighted by Gasteiger charge is -2.35. The van der Waals surface area contributed by atoms with Crippen molar-refractivity contribution >= 4 is 35.2 Å². The summed E-state index contributed by atoms with van der Waals surface area (Å²) in [6, 6.07) is 4.23. The lowest BCUT2D eigenvalue weighted by Crippen LogP contribution is -2.48. The Hall–Kier alpha value is -1.72. The molecule has 1 aromatic rings. The van der Waals surface area contributed by atoms with Gasteiger partial charge in [-0.3, -0.25) is 4.90 Å². The van der Waals surface area contributed by atoms with E-state index < -0.39 is 12.0 Å². The van der Waals surface area contributed by atoms with Crippen molar-refractivity contribution in [2.45, 2.75) is 31.8 Å². The number of urea groups is 1. The molecule has 1 atom stereocenters. The van der Waals surface area contributed by atoms with Crippen LogP contribution in [-0.4, -0.2) is 30.1 Å². The van der Waals surface area contributed by atoms with Gasteiger partial charge < -0.3 is 10.1 Å². The molecule has 1 saturated carbocycles. The van der Waals surface area contributed by atoms with Crippen molar-refractivity contribution < 1.29 is 14.3 Å². The molecule has 0 saturated heterocycles. The van der Waals surface area contributed by atoms with E-state index in [4.69, 9.17) is 27.9 Å². The van der Waals surface area contributed by atoms with Gasteiger partial charge in [0.2, 0.25) is 0 Å². The predicted molar refractivity (Wildman–Crippen MR) is 87.3 cm³/mol. The van der Waals surface area contributed by atoms with Crippen molar-refractivity contribution in [3.63, 3.8) is 0 Å². The minimum absolute atomic E-state index is 0.149. The highest BCUT2D eigenvalue weighted by Gasteiger charge is 2.42. The highest BCUT2D eigenvalue weighted by molar-refractivity contribution is 6.35. The molecule has 1 aromatic carbocycles. The number of allylic oxidation sites excluding steroid dienone is 1. The quantitative estimate of drug-likeness (QED) is 0.842. The number of halogens is 2. The summed E-state index contributed by atoms with van der Waals surface area (Å²) in [5.41, 5.74) is 1.61. The minimum atomic E-state index is -0.658. The van der Waals surface area contributed by atoms with Gasteiger partial charge in [0, 0.05) is 21.8 Å². The third-order valence-electron chi connectivity index (χ3n) is 4.12. The normalized spacial score (nSPS) is 21.3. The van der Waals surface area contributed by atoms with Gasteiger partial charge in [-0.25, -0.2) is 9.59 Å². The molecule has 1 fully saturated rings. The zero-order valence-corrected chi connectivity index (χ0v) is 14.2. The summed E-state index contributed by atoms with van der Waals surface area (Å²) >= 11 is 12.2. The van der Waals surface area contributed by atoms with Crippen molar-refractivity contribution in [1.29, 1.82) is 0 Å². The number of amides is 2. The molecular weight excluding hydrogens is 339 g/mol. The van der Waals surface area contributed by atoms with Gasteiger partial charge in [0.15, 0.2) is 0 Å². The van der Waals surface area contributed by atoms with Crippen LogP contribution in [-0.2, 0) is 9.53 Å². The van der Waals surface area contributed by atoms with Gasteiger partial charge in [0.1, 0.15) is 0 Å². The van der Waals surface area contributed by atoms with E-state index in [9.17, 15) is 9.59 Å². The van der Waals surface area contributed by atoms with Gasteiger partial charge in [-0.15, -0.1) is 0 Å². The van der Waals surface area contributed by atoms with E-state index in [2.05, 4.69) is 5.32 Å². The number of nitrogens with one attached hydrogen (secondary N) is 1. The molecule has 0 unspecified atom stereocenters. The molecule has 0 aromatic heterocycles. The zero-order chi connectivity index (χ0) is 16.7. The third kappa shape index (κ3) is 2.91. The Morgan fingerprint density at radius 2 is 2.04 bits per heavy atom. The fourth-order valence-corrected chi connectivity index (χ4v) is 3.39. The first-order valence-electron chi connectivity index (χ1n) is 7.27. The van der Waals surface area contributed by atoms with E-state index in [1.807, 2.05) is 0 Å². The van der Waals surface area contributed by atoms with Crippen LogP contribution in [0.2, 0.25) is 10.0 Å². The number of rotatable bonds is 3. The second-order valence-corrected chi connectivity index (χ2v) is 6.48. The molecule has 0 bridgehead atoms. The summed E-state index contributed by atoms with van der Waals surface area (Å²) in [5, 5.41) is 3.73. The number of esters is 1. The highest BCUT2D eigenvalue weighted by Crippen LogP contribution is 2.39. The van der Waals surface area contributed by atoms with Crippen molar-refractivity contribution in [2.75, 3.05) is 7.11 Å². The molecule has 1 aliphatic carbocycles. The van der Waals surface area contributed by atoms with Crippen LogP contribution < -0.4 is 5.32 Å². The average molecular weight is 355 g/mol. The summed E-state index contributed by atoms with van der Waals surface area (Å²) in [5.74, 6) is -0.482. The first-order valence-corrected chi connectivity index (χ1v) is 8.03. The topological polar surface area (TPSA) is 58.6 Å². The minimum Gasteiger partial charge on any atom is -0.466 e. The molecule has 1 aliphatic heterocycles. The number of carbonyl (C=O) groups is 2. The monoisotopic (exact) mass is 354 g/mol. The summed E-state index contributed by atoms with van der Waals surface area (Å²) in [4.78, 5) is 26.4. The van der Waals surface area contributed by atoms with Crippen molar-refractivity contribution in [1.82, 2.24) is 10.2 Å². The Balaban J connectivity index is 2.11. The van der Waals surface area contributed by atoms with Gasteiger partial charge in [0.25, 0.3) is 0 Å². The third-order valence-corrected chi connectivity index (χ3v) is 4.68. The number of ether oxygens (including phenoxy) is 1.